The van der Waals surface area contributed by atoms with Crippen LogP contribution >= 0.6 is 0 Å². The van der Waals surface area contributed by atoms with Crippen LogP contribution in [0.25, 0.3) is 11.0 Å². The first-order chi connectivity index (χ1) is 10.6. The Morgan fingerprint density at radius 1 is 0.909 bits per heavy atom. The maximum absolute atomic E-state index is 12.6. The summed E-state index contributed by atoms with van der Waals surface area (Å²) < 4.78 is 6.74. The molecule has 0 unspecified atom stereocenters. The Kier molecular flexibility index (Phi) is 3.42. The van der Waals surface area contributed by atoms with Crippen LogP contribution in [0.1, 0.15) is 5.69 Å². The van der Waals surface area contributed by atoms with Gasteiger partial charge in [0.25, 0.3) is 11.2 Å². The number of benzene rings is 2. The Labute approximate surface area is 127 Å². The summed E-state index contributed by atoms with van der Waals surface area (Å²) in [6.45, 7) is 1.60. The number of fused-ring (bicyclic) bond motifs is 1. The van der Waals surface area contributed by atoms with Gasteiger partial charge < -0.3 is 15.2 Å². The van der Waals surface area contributed by atoms with Gasteiger partial charge in [-0.15, -0.1) is 0 Å². The minimum atomic E-state index is 0.179. The number of rotatable bonds is 3. The van der Waals surface area contributed by atoms with E-state index in [1.54, 1.807) is 50.4 Å². The SMILES string of the molecule is COc1ccccc1Nc1c(C)[n+]([O-])c2ccccc2[n+]1[O-]. The van der Waals surface area contributed by atoms with Gasteiger partial charge in [-0.05, 0) is 18.2 Å². The Morgan fingerprint density at radius 3 is 2.18 bits per heavy atom. The van der Waals surface area contributed by atoms with E-state index in [1.165, 1.54) is 0 Å². The van der Waals surface area contributed by atoms with Gasteiger partial charge in [0, 0.05) is 13.0 Å². The van der Waals surface area contributed by atoms with E-state index in [1.807, 2.05) is 12.1 Å². The molecule has 0 saturated carbocycles. The van der Waals surface area contributed by atoms with Crippen molar-refractivity contribution in [2.45, 2.75) is 6.92 Å². The van der Waals surface area contributed by atoms with Gasteiger partial charge in [0.2, 0.25) is 5.52 Å². The molecule has 1 N–H and O–H groups in total. The second-order valence-corrected chi connectivity index (χ2v) is 4.84. The molecule has 0 aliphatic heterocycles. The molecule has 3 aromatic rings. The van der Waals surface area contributed by atoms with Crippen LogP contribution in [0.5, 0.6) is 5.75 Å². The van der Waals surface area contributed by atoms with Crippen LogP contribution in [0, 0.1) is 17.3 Å². The van der Waals surface area contributed by atoms with Crippen molar-refractivity contribution >= 4 is 22.5 Å². The Balaban J connectivity index is 2.19. The minimum absolute atomic E-state index is 0.179. The highest BCUT2D eigenvalue weighted by Gasteiger charge is 2.24. The maximum Gasteiger partial charge on any atom is 0.352 e. The van der Waals surface area contributed by atoms with Crippen LogP contribution in [0.15, 0.2) is 48.5 Å². The molecule has 0 bridgehead atoms. The molecule has 112 valence electrons. The Morgan fingerprint density at radius 2 is 1.50 bits per heavy atom. The number of ether oxygens (including phenoxy) is 1. The van der Waals surface area contributed by atoms with E-state index in [9.17, 15) is 10.4 Å². The number of methoxy groups -OCH3 is 1. The summed E-state index contributed by atoms with van der Waals surface area (Å²) in [5, 5.41) is 27.9. The molecule has 0 fully saturated rings. The molecule has 0 radical (unpaired) electrons. The van der Waals surface area contributed by atoms with Crippen LogP contribution in [0.4, 0.5) is 11.5 Å². The lowest BCUT2D eigenvalue weighted by Crippen LogP contribution is -2.43. The topological polar surface area (TPSA) is 75.1 Å². The average molecular weight is 297 g/mol. The molecule has 1 heterocycles. The molecule has 0 aliphatic rings. The van der Waals surface area contributed by atoms with Crippen LogP contribution in [-0.2, 0) is 0 Å². The van der Waals surface area contributed by atoms with E-state index >= 15 is 0 Å². The normalized spacial score (nSPS) is 10.6. The van der Waals surface area contributed by atoms with Gasteiger partial charge in [0.05, 0.1) is 7.11 Å². The van der Waals surface area contributed by atoms with Gasteiger partial charge >= 0.3 is 5.82 Å². The average Bonchev–Trinajstić information content (AvgIpc) is 2.57. The van der Waals surface area contributed by atoms with Crippen LogP contribution in [-0.4, -0.2) is 7.11 Å². The Hall–Kier alpha value is -3.02. The number of hydrogen-bond donors (Lipinski definition) is 1. The zero-order chi connectivity index (χ0) is 15.7. The number of anilines is 2. The van der Waals surface area contributed by atoms with Crippen LogP contribution in [0.3, 0.4) is 0 Å². The first-order valence-corrected chi connectivity index (χ1v) is 6.78. The molecule has 0 atom stereocenters. The van der Waals surface area contributed by atoms with Crippen molar-refractivity contribution < 1.29 is 14.2 Å². The highest BCUT2D eigenvalue weighted by molar-refractivity contribution is 5.70. The summed E-state index contributed by atoms with van der Waals surface area (Å²) in [6, 6.07) is 13.9. The standard InChI is InChI=1S/C16H15N3O3/c1-11-16(17-12-7-3-6-10-15(12)22-2)19(21)14-9-5-4-8-13(14)18(11)20/h3-10,17H,1-2H3. The third-order valence-corrected chi connectivity index (χ3v) is 3.53. The number of nitrogens with one attached hydrogen (secondary N) is 1. The molecule has 6 heteroatoms. The van der Waals surface area contributed by atoms with E-state index in [4.69, 9.17) is 4.74 Å². The molecule has 1 aromatic heterocycles. The van der Waals surface area contributed by atoms with Gasteiger partial charge in [-0.3, -0.25) is 0 Å². The van der Waals surface area contributed by atoms with Crippen molar-refractivity contribution in [1.82, 2.24) is 0 Å². The highest BCUT2D eigenvalue weighted by atomic mass is 16.5. The summed E-state index contributed by atoms with van der Waals surface area (Å²) in [5.74, 6) is 0.769. The van der Waals surface area contributed by atoms with E-state index in [-0.39, 0.29) is 5.82 Å². The summed E-state index contributed by atoms with van der Waals surface area (Å²) in [4.78, 5) is 0. The lowest BCUT2D eigenvalue weighted by Gasteiger charge is -2.15. The summed E-state index contributed by atoms with van der Waals surface area (Å²) in [7, 11) is 1.55. The predicted molar refractivity (Wildman–Crippen MR) is 82.9 cm³/mol. The van der Waals surface area contributed by atoms with Gasteiger partial charge in [0.1, 0.15) is 0 Å². The number of nitrogens with zero attached hydrogens (tertiary/aromatic N) is 2. The fourth-order valence-corrected chi connectivity index (χ4v) is 2.37. The van der Waals surface area contributed by atoms with E-state index in [2.05, 4.69) is 5.32 Å². The zero-order valence-corrected chi connectivity index (χ0v) is 12.2. The quantitative estimate of drug-likeness (QED) is 0.594. The third kappa shape index (κ3) is 2.14. The largest absolute Gasteiger partial charge is 0.710 e. The van der Waals surface area contributed by atoms with Crippen LogP contribution in [0.2, 0.25) is 0 Å². The van der Waals surface area contributed by atoms with Crippen molar-refractivity contribution in [3.63, 3.8) is 0 Å². The summed E-state index contributed by atoms with van der Waals surface area (Å²) in [6.07, 6.45) is 0. The summed E-state index contributed by atoms with van der Waals surface area (Å²) in [5.41, 5.74) is 1.55. The van der Waals surface area contributed by atoms with Gasteiger partial charge in [-0.2, -0.15) is 4.73 Å². The maximum atomic E-state index is 12.6. The zero-order valence-electron chi connectivity index (χ0n) is 12.2. The van der Waals surface area contributed by atoms with E-state index < -0.39 is 0 Å². The lowest BCUT2D eigenvalue weighted by atomic mass is 10.2. The first-order valence-electron chi connectivity index (χ1n) is 6.78. The molecule has 3 rings (SSSR count). The predicted octanol–water partition coefficient (Wildman–Crippen LogP) is 2.17. The Bertz CT molecular complexity index is 849. The number of aromatic nitrogens is 2. The molecule has 0 aliphatic carbocycles. The molecule has 6 nitrogen and oxygen atoms in total. The first kappa shape index (κ1) is 13.9. The summed E-state index contributed by atoms with van der Waals surface area (Å²) >= 11 is 0. The van der Waals surface area contributed by atoms with E-state index in [0.717, 1.165) is 9.46 Å². The molecular weight excluding hydrogens is 282 g/mol. The van der Waals surface area contributed by atoms with Crippen molar-refractivity contribution in [1.29, 1.82) is 0 Å². The minimum Gasteiger partial charge on any atom is -0.710 e. The van der Waals surface area contributed by atoms with Gasteiger partial charge in [0.15, 0.2) is 11.4 Å². The molecule has 22 heavy (non-hydrogen) atoms. The van der Waals surface area contributed by atoms with Crippen molar-refractivity contribution in [2.75, 3.05) is 12.4 Å². The molecule has 2 aromatic carbocycles. The smallest absolute Gasteiger partial charge is 0.352 e. The van der Waals surface area contributed by atoms with Crippen molar-refractivity contribution in [3.05, 3.63) is 64.6 Å². The molecule has 0 saturated heterocycles. The van der Waals surface area contributed by atoms with E-state index in [0.29, 0.717) is 28.2 Å². The fraction of sp³-hybridized carbons (Fsp3) is 0.125. The van der Waals surface area contributed by atoms with Crippen molar-refractivity contribution in [3.8, 4) is 5.75 Å². The highest BCUT2D eigenvalue weighted by Crippen LogP contribution is 2.26. The molecule has 0 amide bonds. The van der Waals surface area contributed by atoms with Gasteiger partial charge in [-0.25, -0.2) is 10.0 Å². The number of para-hydroxylation sites is 4. The fourth-order valence-electron chi connectivity index (χ4n) is 2.37. The molecule has 0 spiro atoms. The molecular formula is C16H15N3O3. The van der Waals surface area contributed by atoms with Gasteiger partial charge in [-0.1, -0.05) is 24.3 Å². The number of hydrogen-bond acceptors (Lipinski definition) is 4. The monoisotopic (exact) mass is 297 g/mol. The second-order valence-electron chi connectivity index (χ2n) is 4.84. The van der Waals surface area contributed by atoms with Crippen molar-refractivity contribution in [2.24, 2.45) is 0 Å². The third-order valence-electron chi connectivity index (χ3n) is 3.53. The lowest BCUT2D eigenvalue weighted by molar-refractivity contribution is -0.623. The second kappa shape index (κ2) is 5.40. The van der Waals surface area contributed by atoms with Crippen LogP contribution < -0.4 is 19.5 Å².